The van der Waals surface area contributed by atoms with E-state index >= 15 is 0 Å². The molecule has 0 aliphatic heterocycles. The standard InChI is InChI=1S/C9H9Si.2ClH.Ti/c10-9-6-5-7-3-1-2-4-8(7)9;;;/h1-6,9H,10H2;2*1H;/q;;;+2/p-2. The van der Waals surface area contributed by atoms with Crippen LogP contribution >= 0.6 is 18.6 Å². The number of fused-ring (bicyclic) bond motifs is 1. The van der Waals surface area contributed by atoms with Crippen LogP contribution in [0.1, 0.15) is 16.7 Å². The Kier molecular flexibility index (Phi) is 3.33. The summed E-state index contributed by atoms with van der Waals surface area (Å²) in [5.74, 6) is 0. The molecule has 1 aromatic rings. The zero-order chi connectivity index (χ0) is 9.26. The Morgan fingerprint density at radius 3 is 2.77 bits per heavy atom. The van der Waals surface area contributed by atoms with Gasteiger partial charge in [0.05, 0.1) is 0 Å². The van der Waals surface area contributed by atoms with Crippen molar-refractivity contribution < 1.29 is 15.0 Å². The minimum absolute atomic E-state index is 0.275. The van der Waals surface area contributed by atoms with Gasteiger partial charge >= 0.3 is 94.1 Å². The Morgan fingerprint density at radius 1 is 1.23 bits per heavy atom. The second-order valence-electron chi connectivity index (χ2n) is 3.14. The minimum atomic E-state index is -1.59. The van der Waals surface area contributed by atoms with E-state index in [4.69, 9.17) is 18.6 Å². The van der Waals surface area contributed by atoms with Crippen LogP contribution in [-0.4, -0.2) is 7.39 Å². The van der Waals surface area contributed by atoms with E-state index in [1.54, 1.807) is 0 Å². The summed E-state index contributed by atoms with van der Waals surface area (Å²) in [4.78, 5) is 0. The molecule has 1 aliphatic carbocycles. The van der Waals surface area contributed by atoms with Gasteiger partial charge in [-0.25, -0.2) is 0 Å². The summed E-state index contributed by atoms with van der Waals surface area (Å²) in [5, 5.41) is 0. The number of allylic oxidation sites excluding steroid dienone is 1. The van der Waals surface area contributed by atoms with E-state index in [0.29, 0.717) is 5.54 Å². The first-order valence-electron chi connectivity index (χ1n) is 4.21. The molecule has 67 valence electrons. The monoisotopic (exact) mass is 263 g/mol. The van der Waals surface area contributed by atoms with E-state index < -0.39 is 15.0 Å². The van der Waals surface area contributed by atoms with Gasteiger partial charge in [-0.3, -0.25) is 0 Å². The molecule has 1 aliphatic rings. The number of rotatable bonds is 2. The van der Waals surface area contributed by atoms with Crippen molar-refractivity contribution in [1.29, 1.82) is 0 Å². The molecule has 1 unspecified atom stereocenters. The quantitative estimate of drug-likeness (QED) is 0.720. The third-order valence-corrected chi connectivity index (χ3v) is 11.1. The Hall–Kier alpha value is 0.471. The fourth-order valence-corrected chi connectivity index (χ4v) is 10.2. The van der Waals surface area contributed by atoms with Gasteiger partial charge in [-0.15, -0.1) is 0 Å². The third-order valence-electron chi connectivity index (χ3n) is 2.28. The van der Waals surface area contributed by atoms with Crippen molar-refractivity contribution in [1.82, 2.24) is 0 Å². The summed E-state index contributed by atoms with van der Waals surface area (Å²) in [7, 11) is 11.7. The van der Waals surface area contributed by atoms with Crippen molar-refractivity contribution in [2.45, 2.75) is 5.54 Å². The fraction of sp³-hybridized carbons (Fsp3) is 0.111. The van der Waals surface area contributed by atoms with Gasteiger partial charge in [0.2, 0.25) is 0 Å². The van der Waals surface area contributed by atoms with Crippen LogP contribution in [0.15, 0.2) is 30.3 Å². The summed E-state index contributed by atoms with van der Waals surface area (Å²) in [6.07, 6.45) is 4.47. The van der Waals surface area contributed by atoms with Crippen molar-refractivity contribution >= 4 is 32.1 Å². The van der Waals surface area contributed by atoms with Gasteiger partial charge in [0.1, 0.15) is 0 Å². The molecule has 0 aromatic heterocycles. The van der Waals surface area contributed by atoms with Gasteiger partial charge in [-0.1, -0.05) is 0 Å². The van der Waals surface area contributed by atoms with Crippen molar-refractivity contribution in [3.63, 3.8) is 0 Å². The first kappa shape index (κ1) is 10.0. The summed E-state index contributed by atoms with van der Waals surface area (Å²) in [6.45, 7) is 0. The summed E-state index contributed by atoms with van der Waals surface area (Å²) in [5.41, 5.74) is 3.41. The SMILES string of the molecule is [Cl][Ti]([Cl])[SiH2]C1C=Cc2ccccc21. The Bertz CT molecular complexity index is 338. The van der Waals surface area contributed by atoms with Crippen LogP contribution in [0.5, 0.6) is 0 Å². The zero-order valence-electron chi connectivity index (χ0n) is 7.00. The summed E-state index contributed by atoms with van der Waals surface area (Å²) >= 11 is -1.59. The van der Waals surface area contributed by atoms with Gasteiger partial charge in [0.15, 0.2) is 0 Å². The van der Waals surface area contributed by atoms with Crippen molar-refractivity contribution in [3.05, 3.63) is 41.5 Å². The first-order valence-corrected chi connectivity index (χ1v) is 13.3. The van der Waals surface area contributed by atoms with Gasteiger partial charge in [-0.2, -0.15) is 0 Å². The van der Waals surface area contributed by atoms with Crippen molar-refractivity contribution in [2.75, 3.05) is 0 Å². The van der Waals surface area contributed by atoms with E-state index in [2.05, 4.69) is 36.4 Å². The molecule has 0 radical (unpaired) electrons. The molecular weight excluding hydrogens is 255 g/mol. The zero-order valence-corrected chi connectivity index (χ0v) is 11.5. The van der Waals surface area contributed by atoms with E-state index in [0.717, 1.165) is 0 Å². The molecule has 4 heteroatoms. The maximum atomic E-state index is 5.98. The Morgan fingerprint density at radius 2 is 2.00 bits per heavy atom. The molecule has 0 nitrogen and oxygen atoms in total. The molecule has 13 heavy (non-hydrogen) atoms. The van der Waals surface area contributed by atoms with Crippen LogP contribution in [0.4, 0.5) is 0 Å². The van der Waals surface area contributed by atoms with Crippen LogP contribution in [0.2, 0.25) is 0 Å². The van der Waals surface area contributed by atoms with E-state index in [9.17, 15) is 0 Å². The predicted octanol–water partition coefficient (Wildman–Crippen LogP) is 2.76. The normalized spacial score (nSPS) is 19.7. The van der Waals surface area contributed by atoms with Crippen LogP contribution in [0, 0.1) is 0 Å². The molecule has 1 atom stereocenters. The van der Waals surface area contributed by atoms with Crippen LogP contribution in [0.25, 0.3) is 6.08 Å². The van der Waals surface area contributed by atoms with E-state index in [-0.39, 0.29) is 7.39 Å². The number of hydrogen-bond acceptors (Lipinski definition) is 0. The molecule has 0 N–H and O–H groups in total. The molecule has 0 saturated carbocycles. The van der Waals surface area contributed by atoms with Crippen LogP contribution in [-0.2, 0) is 15.0 Å². The number of hydrogen-bond donors (Lipinski definition) is 0. The molecule has 0 saturated heterocycles. The van der Waals surface area contributed by atoms with Crippen LogP contribution < -0.4 is 0 Å². The molecule has 0 bridgehead atoms. The van der Waals surface area contributed by atoms with Gasteiger partial charge in [0, 0.05) is 0 Å². The van der Waals surface area contributed by atoms with Gasteiger partial charge in [-0.05, 0) is 0 Å². The number of halogens is 2. The summed E-state index contributed by atoms with van der Waals surface area (Å²) < 4.78 is 0. The van der Waals surface area contributed by atoms with Crippen LogP contribution in [0.3, 0.4) is 0 Å². The average Bonchev–Trinajstić information content (AvgIpc) is 2.48. The molecule has 0 heterocycles. The molecule has 0 fully saturated rings. The third kappa shape index (κ3) is 2.28. The Labute approximate surface area is 93.5 Å². The maximum absolute atomic E-state index is 5.98. The molecule has 0 amide bonds. The first-order chi connectivity index (χ1) is 6.27. The fourth-order valence-electron chi connectivity index (χ4n) is 1.67. The molecule has 1 aromatic carbocycles. The van der Waals surface area contributed by atoms with Crippen molar-refractivity contribution in [2.24, 2.45) is 0 Å². The molecule has 0 spiro atoms. The molecular formula is C9H9Cl2SiTi. The second-order valence-corrected chi connectivity index (χ2v) is 18.6. The topological polar surface area (TPSA) is 0 Å². The predicted molar refractivity (Wildman–Crippen MR) is 58.5 cm³/mol. The summed E-state index contributed by atoms with van der Waals surface area (Å²) in [6, 6.07) is 8.52. The molecule has 2 rings (SSSR count). The Balaban J connectivity index is 2.23. The van der Waals surface area contributed by atoms with E-state index in [1.807, 2.05) is 0 Å². The second kappa shape index (κ2) is 4.33. The number of benzene rings is 1. The van der Waals surface area contributed by atoms with E-state index in [1.165, 1.54) is 11.1 Å². The van der Waals surface area contributed by atoms with Gasteiger partial charge in [0.25, 0.3) is 0 Å². The van der Waals surface area contributed by atoms with Crippen molar-refractivity contribution in [3.8, 4) is 0 Å². The average molecular weight is 264 g/mol. The van der Waals surface area contributed by atoms with Gasteiger partial charge < -0.3 is 0 Å².